The molecule has 0 spiro atoms. The molecule has 0 N–H and O–H groups in total. The number of hydrogen-bond donors (Lipinski definition) is 0. The number of benzene rings is 8. The number of furan rings is 1. The summed E-state index contributed by atoms with van der Waals surface area (Å²) in [6.07, 6.45) is 0. The van der Waals surface area contributed by atoms with Gasteiger partial charge in [-0.1, -0.05) is 133 Å². The molecule has 0 amide bonds. The van der Waals surface area contributed by atoms with Crippen LogP contribution in [-0.2, 0) is 0 Å². The summed E-state index contributed by atoms with van der Waals surface area (Å²) in [5.74, 6) is 0. The van der Waals surface area contributed by atoms with E-state index in [0.717, 1.165) is 44.4 Å². The zero-order chi connectivity index (χ0) is 30.5. The highest BCUT2D eigenvalue weighted by Gasteiger charge is 2.21. The maximum Gasteiger partial charge on any atom is 0.159 e. The smallest absolute Gasteiger partial charge is 0.159 e. The molecular weight excluding hydrogens is 558 g/mol. The van der Waals surface area contributed by atoms with E-state index >= 15 is 0 Å². The Labute approximate surface area is 267 Å². The average molecular weight is 588 g/mol. The Kier molecular flexibility index (Phi) is 6.17. The fourth-order valence-electron chi connectivity index (χ4n) is 6.81. The third-order valence-corrected chi connectivity index (χ3v) is 9.03. The summed E-state index contributed by atoms with van der Waals surface area (Å²) in [6, 6.07) is 62.6. The maximum atomic E-state index is 6.93. The van der Waals surface area contributed by atoms with Crippen molar-refractivity contribution in [1.82, 2.24) is 0 Å². The van der Waals surface area contributed by atoms with Crippen molar-refractivity contribution in [2.75, 3.05) is 4.90 Å². The van der Waals surface area contributed by atoms with Crippen LogP contribution in [0.25, 0.3) is 65.7 Å². The Morgan fingerprint density at radius 2 is 0.935 bits per heavy atom. The molecule has 2 heteroatoms. The quantitative estimate of drug-likeness (QED) is 0.199. The lowest BCUT2D eigenvalue weighted by molar-refractivity contribution is 0.673. The molecule has 0 saturated carbocycles. The molecule has 0 bridgehead atoms. The lowest BCUT2D eigenvalue weighted by atomic mass is 9.94. The molecule has 9 rings (SSSR count). The van der Waals surface area contributed by atoms with Gasteiger partial charge in [0.1, 0.15) is 5.58 Å². The SMILES string of the molecule is c1ccc(-c2ccc(N(c3ccccc3)c3cccc4c3oc3c5ccccc5c(-c5ccc6ccccc6c5)cc43)cc2)cc1. The second-order valence-electron chi connectivity index (χ2n) is 11.7. The van der Waals surface area contributed by atoms with Crippen molar-refractivity contribution in [3.05, 3.63) is 176 Å². The topological polar surface area (TPSA) is 16.4 Å². The average Bonchev–Trinajstić information content (AvgIpc) is 3.52. The van der Waals surface area contributed by atoms with E-state index in [-0.39, 0.29) is 0 Å². The van der Waals surface area contributed by atoms with E-state index in [2.05, 4.69) is 181 Å². The third kappa shape index (κ3) is 4.35. The molecule has 0 fully saturated rings. The first-order valence-electron chi connectivity index (χ1n) is 15.7. The van der Waals surface area contributed by atoms with Crippen molar-refractivity contribution in [2.45, 2.75) is 0 Å². The van der Waals surface area contributed by atoms with Gasteiger partial charge in [-0.05, 0) is 80.9 Å². The summed E-state index contributed by atoms with van der Waals surface area (Å²) in [5.41, 5.74) is 9.73. The van der Waals surface area contributed by atoms with Crippen LogP contribution < -0.4 is 4.90 Å². The van der Waals surface area contributed by atoms with Gasteiger partial charge in [-0.15, -0.1) is 0 Å². The molecule has 0 saturated heterocycles. The zero-order valence-corrected chi connectivity index (χ0v) is 25.1. The number of rotatable bonds is 5. The number of anilines is 3. The minimum atomic E-state index is 0.870. The van der Waals surface area contributed by atoms with Crippen molar-refractivity contribution in [3.8, 4) is 22.3 Å². The summed E-state index contributed by atoms with van der Waals surface area (Å²) in [6.45, 7) is 0. The molecule has 9 aromatic rings. The van der Waals surface area contributed by atoms with Crippen LogP contribution in [0.1, 0.15) is 0 Å². The van der Waals surface area contributed by atoms with Gasteiger partial charge in [-0.3, -0.25) is 0 Å². The van der Waals surface area contributed by atoms with Gasteiger partial charge in [0.2, 0.25) is 0 Å². The first-order chi connectivity index (χ1) is 22.8. The molecule has 1 aromatic heterocycles. The molecule has 0 atom stereocenters. The van der Waals surface area contributed by atoms with E-state index in [9.17, 15) is 0 Å². The van der Waals surface area contributed by atoms with Crippen molar-refractivity contribution >= 4 is 60.5 Å². The van der Waals surface area contributed by atoms with Crippen LogP contribution in [0.5, 0.6) is 0 Å². The molecule has 46 heavy (non-hydrogen) atoms. The highest BCUT2D eigenvalue weighted by atomic mass is 16.3. The van der Waals surface area contributed by atoms with E-state index in [1.54, 1.807) is 0 Å². The predicted molar refractivity (Wildman–Crippen MR) is 194 cm³/mol. The molecule has 0 aliphatic carbocycles. The lowest BCUT2D eigenvalue weighted by Gasteiger charge is -2.25. The Morgan fingerprint density at radius 3 is 1.74 bits per heavy atom. The van der Waals surface area contributed by atoms with Gasteiger partial charge in [0, 0.05) is 27.5 Å². The highest BCUT2D eigenvalue weighted by molar-refractivity contribution is 6.21. The van der Waals surface area contributed by atoms with Gasteiger partial charge in [0.05, 0.1) is 5.69 Å². The fraction of sp³-hybridized carbons (Fsp3) is 0. The molecule has 0 unspecified atom stereocenters. The van der Waals surface area contributed by atoms with Crippen LogP contribution in [0.4, 0.5) is 17.1 Å². The molecule has 0 aliphatic rings. The summed E-state index contributed by atoms with van der Waals surface area (Å²) in [7, 11) is 0. The number of nitrogens with zero attached hydrogens (tertiary/aromatic N) is 1. The third-order valence-electron chi connectivity index (χ3n) is 9.03. The first-order valence-corrected chi connectivity index (χ1v) is 15.7. The van der Waals surface area contributed by atoms with Gasteiger partial charge in [0.15, 0.2) is 5.58 Å². The summed E-state index contributed by atoms with van der Waals surface area (Å²) < 4.78 is 6.93. The van der Waals surface area contributed by atoms with Gasteiger partial charge in [-0.25, -0.2) is 0 Å². The van der Waals surface area contributed by atoms with Crippen LogP contribution >= 0.6 is 0 Å². The van der Waals surface area contributed by atoms with Crippen molar-refractivity contribution < 1.29 is 4.42 Å². The number of hydrogen-bond acceptors (Lipinski definition) is 2. The maximum absolute atomic E-state index is 6.93. The Hall–Kier alpha value is -6.12. The zero-order valence-electron chi connectivity index (χ0n) is 25.1. The summed E-state index contributed by atoms with van der Waals surface area (Å²) in [4.78, 5) is 2.30. The van der Waals surface area contributed by atoms with E-state index in [1.807, 2.05) is 0 Å². The summed E-state index contributed by atoms with van der Waals surface area (Å²) >= 11 is 0. The van der Waals surface area contributed by atoms with Crippen LogP contribution in [0.15, 0.2) is 180 Å². The first kappa shape index (κ1) is 26.3. The Balaban J connectivity index is 1.27. The number of fused-ring (bicyclic) bond motifs is 6. The standard InChI is InChI=1S/C44H29NO/c1-3-12-30(13-4-1)32-24-26-36(27-25-32)45(35-16-5-2-6-17-35)42-21-11-20-39-41-29-40(34-23-22-31-14-7-8-15-33(31)28-34)37-18-9-10-19-38(37)43(41)46-44(39)42/h1-29H. The van der Waals surface area contributed by atoms with Crippen molar-refractivity contribution in [1.29, 1.82) is 0 Å². The normalized spacial score (nSPS) is 11.5. The lowest BCUT2D eigenvalue weighted by Crippen LogP contribution is -2.10. The van der Waals surface area contributed by atoms with Crippen LogP contribution in [0.2, 0.25) is 0 Å². The Bertz CT molecular complexity index is 2510. The molecule has 8 aromatic carbocycles. The molecular formula is C44H29NO. The van der Waals surface area contributed by atoms with Gasteiger partial charge in [-0.2, -0.15) is 0 Å². The van der Waals surface area contributed by atoms with Gasteiger partial charge < -0.3 is 9.32 Å². The molecule has 216 valence electrons. The minimum Gasteiger partial charge on any atom is -0.453 e. The van der Waals surface area contributed by atoms with Crippen molar-refractivity contribution in [3.63, 3.8) is 0 Å². The predicted octanol–water partition coefficient (Wildman–Crippen LogP) is 12.7. The molecule has 0 radical (unpaired) electrons. The largest absolute Gasteiger partial charge is 0.453 e. The van der Waals surface area contributed by atoms with Crippen LogP contribution in [0, 0.1) is 0 Å². The van der Waals surface area contributed by atoms with E-state index in [4.69, 9.17) is 4.42 Å². The Morgan fingerprint density at radius 1 is 0.348 bits per heavy atom. The summed E-state index contributed by atoms with van der Waals surface area (Å²) in [5, 5.41) is 6.99. The van der Waals surface area contributed by atoms with E-state index in [0.29, 0.717) is 0 Å². The van der Waals surface area contributed by atoms with Crippen molar-refractivity contribution in [2.24, 2.45) is 0 Å². The second-order valence-corrected chi connectivity index (χ2v) is 11.7. The molecule has 2 nitrogen and oxygen atoms in total. The van der Waals surface area contributed by atoms with E-state index in [1.165, 1.54) is 38.4 Å². The fourth-order valence-corrected chi connectivity index (χ4v) is 6.81. The molecule has 0 aliphatic heterocycles. The highest BCUT2D eigenvalue weighted by Crippen LogP contribution is 2.45. The second kappa shape index (κ2) is 10.8. The molecule has 1 heterocycles. The van der Waals surface area contributed by atoms with E-state index < -0.39 is 0 Å². The van der Waals surface area contributed by atoms with Crippen LogP contribution in [-0.4, -0.2) is 0 Å². The van der Waals surface area contributed by atoms with Crippen LogP contribution in [0.3, 0.4) is 0 Å². The van der Waals surface area contributed by atoms with Gasteiger partial charge >= 0.3 is 0 Å². The number of para-hydroxylation sites is 2. The van der Waals surface area contributed by atoms with Gasteiger partial charge in [0.25, 0.3) is 0 Å². The monoisotopic (exact) mass is 587 g/mol. The minimum absolute atomic E-state index is 0.870.